The summed E-state index contributed by atoms with van der Waals surface area (Å²) in [5.41, 5.74) is 3.55. The average molecular weight is 518 g/mol. The van der Waals surface area contributed by atoms with Gasteiger partial charge in [0.05, 0.1) is 32.4 Å². The van der Waals surface area contributed by atoms with Crippen molar-refractivity contribution in [2.45, 2.75) is 31.8 Å². The van der Waals surface area contributed by atoms with Crippen LogP contribution in [0.25, 0.3) is 22.2 Å². The normalized spacial score (nSPS) is 13.4. The number of carbonyl (C=O) groups excluding carboxylic acids is 1. The first kappa shape index (κ1) is 25.2. The van der Waals surface area contributed by atoms with Crippen LogP contribution in [0.5, 0.6) is 23.1 Å². The van der Waals surface area contributed by atoms with Gasteiger partial charge >= 0.3 is 0 Å². The van der Waals surface area contributed by atoms with Crippen LogP contribution in [0.1, 0.15) is 36.0 Å². The number of H-pyrrole nitrogens is 1. The molecule has 10 nitrogen and oxygen atoms in total. The van der Waals surface area contributed by atoms with Crippen LogP contribution in [0.4, 0.5) is 11.6 Å². The standard InChI is InChI=1S/C28H31N5O5/c1-29-26(34)17-9-11-20(22(14-17)36-3)31-28-32-25-24(27(33-28)38-18-7-5-6-8-18)19(15-30-25)16-10-12-21(35-2)23(13-16)37-4/h9-15,18H,5-8H2,1-4H3,(H,29,34)(H2,30,31,32,33). The van der Waals surface area contributed by atoms with Crippen molar-refractivity contribution in [3.05, 3.63) is 48.2 Å². The van der Waals surface area contributed by atoms with Gasteiger partial charge in [0.1, 0.15) is 17.5 Å². The summed E-state index contributed by atoms with van der Waals surface area (Å²) in [6, 6.07) is 10.9. The van der Waals surface area contributed by atoms with E-state index in [0.29, 0.717) is 46.0 Å². The van der Waals surface area contributed by atoms with Gasteiger partial charge in [-0.3, -0.25) is 4.79 Å². The van der Waals surface area contributed by atoms with Crippen molar-refractivity contribution in [1.29, 1.82) is 0 Å². The fourth-order valence-electron chi connectivity index (χ4n) is 4.74. The largest absolute Gasteiger partial charge is 0.495 e. The van der Waals surface area contributed by atoms with Gasteiger partial charge < -0.3 is 34.6 Å². The van der Waals surface area contributed by atoms with Crippen LogP contribution in [-0.4, -0.2) is 55.3 Å². The zero-order valence-electron chi connectivity index (χ0n) is 21.9. The van der Waals surface area contributed by atoms with Gasteiger partial charge in [-0.25, -0.2) is 0 Å². The molecular formula is C28H31N5O5. The molecule has 2 heterocycles. The Morgan fingerprint density at radius 1 is 0.947 bits per heavy atom. The molecule has 0 atom stereocenters. The number of hydrogen-bond donors (Lipinski definition) is 3. The molecule has 3 N–H and O–H groups in total. The lowest BCUT2D eigenvalue weighted by Gasteiger charge is -2.16. The topological polar surface area (TPSA) is 120 Å². The minimum Gasteiger partial charge on any atom is -0.495 e. The second-order valence-electron chi connectivity index (χ2n) is 8.99. The number of nitrogens with one attached hydrogen (secondary N) is 3. The Labute approximate surface area is 220 Å². The molecule has 0 saturated heterocycles. The lowest BCUT2D eigenvalue weighted by atomic mass is 10.1. The second-order valence-corrected chi connectivity index (χ2v) is 8.99. The fourth-order valence-corrected chi connectivity index (χ4v) is 4.74. The van der Waals surface area contributed by atoms with Crippen LogP contribution in [0.15, 0.2) is 42.6 Å². The molecule has 0 spiro atoms. The highest BCUT2D eigenvalue weighted by Gasteiger charge is 2.23. The van der Waals surface area contributed by atoms with Gasteiger partial charge in [-0.05, 0) is 61.6 Å². The molecule has 0 aliphatic heterocycles. The zero-order chi connectivity index (χ0) is 26.6. The Morgan fingerprint density at radius 2 is 1.71 bits per heavy atom. The van der Waals surface area contributed by atoms with Gasteiger partial charge in [0.15, 0.2) is 11.5 Å². The molecule has 4 aromatic rings. The van der Waals surface area contributed by atoms with E-state index >= 15 is 0 Å². The number of nitrogens with zero attached hydrogens (tertiary/aromatic N) is 2. The number of hydrogen-bond acceptors (Lipinski definition) is 8. The lowest BCUT2D eigenvalue weighted by molar-refractivity contribution is 0.0962. The second kappa shape index (κ2) is 10.9. The smallest absolute Gasteiger partial charge is 0.251 e. The molecule has 198 valence electrons. The Balaban J connectivity index is 1.57. The first-order chi connectivity index (χ1) is 18.5. The molecule has 0 radical (unpaired) electrons. The zero-order valence-corrected chi connectivity index (χ0v) is 21.9. The molecule has 2 aromatic heterocycles. The van der Waals surface area contributed by atoms with E-state index < -0.39 is 0 Å². The summed E-state index contributed by atoms with van der Waals surface area (Å²) in [7, 11) is 6.36. The highest BCUT2D eigenvalue weighted by atomic mass is 16.5. The number of amides is 1. The number of methoxy groups -OCH3 is 3. The molecule has 2 aromatic carbocycles. The number of ether oxygens (including phenoxy) is 4. The Kier molecular flexibility index (Phi) is 7.21. The Hall–Kier alpha value is -4.47. The summed E-state index contributed by atoms with van der Waals surface area (Å²) in [4.78, 5) is 24.8. The first-order valence-electron chi connectivity index (χ1n) is 12.5. The number of benzene rings is 2. The Bertz CT molecular complexity index is 1460. The number of aromatic nitrogens is 3. The van der Waals surface area contributed by atoms with E-state index in [1.807, 2.05) is 24.4 Å². The Morgan fingerprint density at radius 3 is 2.42 bits per heavy atom. The molecule has 1 aliphatic carbocycles. The van der Waals surface area contributed by atoms with E-state index in [9.17, 15) is 4.79 Å². The predicted octanol–water partition coefficient (Wildman–Crippen LogP) is 5.08. The van der Waals surface area contributed by atoms with Gasteiger partial charge in [0.25, 0.3) is 5.91 Å². The van der Waals surface area contributed by atoms with Crippen molar-refractivity contribution >= 4 is 28.6 Å². The summed E-state index contributed by atoms with van der Waals surface area (Å²) in [5.74, 6) is 2.41. The summed E-state index contributed by atoms with van der Waals surface area (Å²) >= 11 is 0. The van der Waals surface area contributed by atoms with E-state index in [0.717, 1.165) is 42.2 Å². The van der Waals surface area contributed by atoms with Gasteiger partial charge in [-0.1, -0.05) is 6.07 Å². The lowest BCUT2D eigenvalue weighted by Crippen LogP contribution is -2.17. The molecule has 1 fully saturated rings. The predicted molar refractivity (Wildman–Crippen MR) is 145 cm³/mol. The summed E-state index contributed by atoms with van der Waals surface area (Å²) < 4.78 is 22.9. The van der Waals surface area contributed by atoms with Crippen LogP contribution in [-0.2, 0) is 0 Å². The van der Waals surface area contributed by atoms with Gasteiger partial charge in [-0.2, -0.15) is 9.97 Å². The van der Waals surface area contributed by atoms with Crippen LogP contribution in [0.3, 0.4) is 0 Å². The molecule has 10 heteroatoms. The third-order valence-corrected chi connectivity index (χ3v) is 6.71. The van der Waals surface area contributed by atoms with Crippen molar-refractivity contribution in [2.24, 2.45) is 0 Å². The molecule has 1 aliphatic rings. The maximum atomic E-state index is 12.1. The third-order valence-electron chi connectivity index (χ3n) is 6.71. The van der Waals surface area contributed by atoms with Crippen molar-refractivity contribution in [3.8, 4) is 34.3 Å². The summed E-state index contributed by atoms with van der Waals surface area (Å²) in [5, 5.41) is 6.64. The number of anilines is 2. The molecule has 0 unspecified atom stereocenters. The van der Waals surface area contributed by atoms with Crippen molar-refractivity contribution < 1.29 is 23.7 Å². The third kappa shape index (κ3) is 4.89. The SMILES string of the molecule is CNC(=O)c1ccc(Nc2nc(OC3CCCC3)c3c(-c4ccc(OC)c(OC)c4)c[nH]c3n2)c(OC)c1. The molecule has 5 rings (SSSR count). The maximum absolute atomic E-state index is 12.1. The van der Waals surface area contributed by atoms with Gasteiger partial charge in [0, 0.05) is 24.4 Å². The molecular weight excluding hydrogens is 486 g/mol. The number of fused-ring (bicyclic) bond motifs is 1. The number of aromatic amines is 1. The number of rotatable bonds is 9. The highest BCUT2D eigenvalue weighted by Crippen LogP contribution is 2.40. The summed E-state index contributed by atoms with van der Waals surface area (Å²) in [6.45, 7) is 0. The molecule has 1 amide bonds. The quantitative estimate of drug-likeness (QED) is 0.281. The first-order valence-corrected chi connectivity index (χ1v) is 12.5. The van der Waals surface area contributed by atoms with Gasteiger partial charge in [-0.15, -0.1) is 0 Å². The summed E-state index contributed by atoms with van der Waals surface area (Å²) in [6.07, 6.45) is 6.22. The minimum absolute atomic E-state index is 0.0930. The van der Waals surface area contributed by atoms with Crippen LogP contribution >= 0.6 is 0 Å². The van der Waals surface area contributed by atoms with Crippen molar-refractivity contribution in [3.63, 3.8) is 0 Å². The van der Waals surface area contributed by atoms with E-state index in [1.165, 1.54) is 0 Å². The fraction of sp³-hybridized carbons (Fsp3) is 0.321. The van der Waals surface area contributed by atoms with Crippen LogP contribution < -0.4 is 29.6 Å². The maximum Gasteiger partial charge on any atom is 0.251 e. The number of carbonyl (C=O) groups is 1. The minimum atomic E-state index is -0.200. The van der Waals surface area contributed by atoms with Crippen molar-refractivity contribution in [2.75, 3.05) is 33.7 Å². The van der Waals surface area contributed by atoms with E-state index in [-0.39, 0.29) is 12.0 Å². The van der Waals surface area contributed by atoms with E-state index in [4.69, 9.17) is 28.9 Å². The average Bonchev–Trinajstić information content (AvgIpc) is 3.62. The van der Waals surface area contributed by atoms with Crippen LogP contribution in [0, 0.1) is 0 Å². The monoisotopic (exact) mass is 517 g/mol. The van der Waals surface area contributed by atoms with E-state index in [1.54, 1.807) is 46.6 Å². The van der Waals surface area contributed by atoms with E-state index in [2.05, 4.69) is 15.6 Å². The van der Waals surface area contributed by atoms with Crippen LogP contribution in [0.2, 0.25) is 0 Å². The van der Waals surface area contributed by atoms with Crippen molar-refractivity contribution in [1.82, 2.24) is 20.3 Å². The highest BCUT2D eigenvalue weighted by molar-refractivity contribution is 5.98. The van der Waals surface area contributed by atoms with Gasteiger partial charge in [0.2, 0.25) is 11.8 Å². The molecule has 1 saturated carbocycles. The molecule has 0 bridgehead atoms. The molecule has 38 heavy (non-hydrogen) atoms.